The summed E-state index contributed by atoms with van der Waals surface area (Å²) >= 11 is 1.38. The van der Waals surface area contributed by atoms with Crippen LogP contribution in [0.4, 0.5) is 13.2 Å². The van der Waals surface area contributed by atoms with Gasteiger partial charge in [0.05, 0.1) is 17.3 Å². The van der Waals surface area contributed by atoms with Crippen molar-refractivity contribution in [2.75, 3.05) is 0 Å². The van der Waals surface area contributed by atoms with E-state index in [0.29, 0.717) is 11.3 Å². The maximum Gasteiger partial charge on any atom is 0.416 e. The molecule has 0 radical (unpaired) electrons. The van der Waals surface area contributed by atoms with E-state index in [1.165, 1.54) is 17.4 Å². The first-order valence-electron chi connectivity index (χ1n) is 6.47. The summed E-state index contributed by atoms with van der Waals surface area (Å²) in [5, 5.41) is 2.48. The predicted octanol–water partition coefficient (Wildman–Crippen LogP) is 4.87. The van der Waals surface area contributed by atoms with Crippen LogP contribution >= 0.6 is 11.3 Å². The molecule has 0 bridgehead atoms. The second-order valence-electron chi connectivity index (χ2n) is 5.99. The summed E-state index contributed by atoms with van der Waals surface area (Å²) in [6.45, 7) is 6.01. The number of aromatic nitrogens is 1. The molecule has 0 saturated carbocycles. The molecule has 0 aliphatic heterocycles. The lowest BCUT2D eigenvalue weighted by atomic mass is 9.88. The third kappa shape index (κ3) is 3.63. The van der Waals surface area contributed by atoms with Crippen LogP contribution in [0.2, 0.25) is 0 Å². The van der Waals surface area contributed by atoms with Gasteiger partial charge in [-0.1, -0.05) is 32.9 Å². The Bertz CT molecular complexity index is 626. The molecule has 21 heavy (non-hydrogen) atoms. The van der Waals surface area contributed by atoms with Gasteiger partial charge in [-0.3, -0.25) is 0 Å². The first kappa shape index (κ1) is 16.0. The van der Waals surface area contributed by atoms with Crippen LogP contribution in [-0.4, -0.2) is 4.98 Å². The van der Waals surface area contributed by atoms with Crippen molar-refractivity contribution in [2.24, 2.45) is 11.1 Å². The summed E-state index contributed by atoms with van der Waals surface area (Å²) in [7, 11) is 0. The van der Waals surface area contributed by atoms with Crippen molar-refractivity contribution < 1.29 is 13.2 Å². The molecule has 1 aromatic carbocycles. The molecule has 0 aliphatic carbocycles. The van der Waals surface area contributed by atoms with Crippen LogP contribution in [0.5, 0.6) is 0 Å². The molecule has 0 amide bonds. The van der Waals surface area contributed by atoms with Crippen molar-refractivity contribution in [3.05, 3.63) is 40.2 Å². The minimum atomic E-state index is -4.35. The monoisotopic (exact) mass is 314 g/mol. The third-order valence-electron chi connectivity index (χ3n) is 3.21. The fourth-order valence-electron chi connectivity index (χ4n) is 1.79. The summed E-state index contributed by atoms with van der Waals surface area (Å²) in [4.78, 5) is 4.40. The molecule has 114 valence electrons. The number of thiazole rings is 1. The van der Waals surface area contributed by atoms with Crippen molar-refractivity contribution >= 4 is 11.3 Å². The van der Waals surface area contributed by atoms with Gasteiger partial charge in [-0.15, -0.1) is 11.3 Å². The molecule has 2 nitrogen and oxygen atoms in total. The minimum Gasteiger partial charge on any atom is -0.322 e. The van der Waals surface area contributed by atoms with Gasteiger partial charge in [-0.25, -0.2) is 4.98 Å². The summed E-state index contributed by atoms with van der Waals surface area (Å²) in [5.41, 5.74) is 6.29. The van der Waals surface area contributed by atoms with Gasteiger partial charge in [-0.05, 0) is 17.5 Å². The molecule has 2 rings (SSSR count). The van der Waals surface area contributed by atoms with E-state index in [4.69, 9.17) is 5.73 Å². The number of rotatable bonds is 2. The smallest absolute Gasteiger partial charge is 0.322 e. The summed E-state index contributed by atoms with van der Waals surface area (Å²) in [5.74, 6) is 0. The Kier molecular flexibility index (Phi) is 4.13. The average Bonchev–Trinajstić information content (AvgIpc) is 2.85. The van der Waals surface area contributed by atoms with Crippen LogP contribution in [0.1, 0.15) is 37.4 Å². The maximum absolute atomic E-state index is 12.7. The van der Waals surface area contributed by atoms with Gasteiger partial charge in [0.25, 0.3) is 0 Å². The van der Waals surface area contributed by atoms with E-state index in [9.17, 15) is 13.2 Å². The zero-order valence-corrected chi connectivity index (χ0v) is 12.8. The highest BCUT2D eigenvalue weighted by Crippen LogP contribution is 2.36. The Morgan fingerprint density at radius 1 is 1.19 bits per heavy atom. The quantitative estimate of drug-likeness (QED) is 0.858. The topological polar surface area (TPSA) is 38.9 Å². The number of benzene rings is 1. The fourth-order valence-corrected chi connectivity index (χ4v) is 2.86. The van der Waals surface area contributed by atoms with E-state index in [1.807, 2.05) is 20.8 Å². The highest BCUT2D eigenvalue weighted by Gasteiger charge is 2.31. The number of halogens is 3. The van der Waals surface area contributed by atoms with Crippen molar-refractivity contribution in [2.45, 2.75) is 33.0 Å². The highest BCUT2D eigenvalue weighted by atomic mass is 32.1. The lowest BCUT2D eigenvalue weighted by molar-refractivity contribution is -0.137. The van der Waals surface area contributed by atoms with Gasteiger partial charge in [0, 0.05) is 10.9 Å². The first-order chi connectivity index (χ1) is 9.59. The van der Waals surface area contributed by atoms with Gasteiger partial charge in [0.15, 0.2) is 0 Å². The Hall–Kier alpha value is -1.40. The second kappa shape index (κ2) is 5.42. The number of hydrogen-bond acceptors (Lipinski definition) is 3. The van der Waals surface area contributed by atoms with E-state index in [-0.39, 0.29) is 11.5 Å². The Morgan fingerprint density at radius 3 is 2.43 bits per heavy atom. The van der Waals surface area contributed by atoms with Gasteiger partial charge in [0.2, 0.25) is 0 Å². The number of nitrogens with two attached hydrogens (primary N) is 1. The lowest BCUT2D eigenvalue weighted by Crippen LogP contribution is -2.26. The Labute approximate surface area is 125 Å². The molecule has 0 saturated heterocycles. The van der Waals surface area contributed by atoms with Crippen molar-refractivity contribution in [3.8, 4) is 11.3 Å². The molecule has 1 aromatic heterocycles. The van der Waals surface area contributed by atoms with E-state index in [1.54, 1.807) is 11.4 Å². The van der Waals surface area contributed by atoms with E-state index in [0.717, 1.165) is 17.1 Å². The van der Waals surface area contributed by atoms with Crippen LogP contribution in [-0.2, 0) is 6.18 Å². The van der Waals surface area contributed by atoms with Gasteiger partial charge < -0.3 is 5.73 Å². The average molecular weight is 314 g/mol. The number of nitrogens with zero attached hydrogens (tertiary/aromatic N) is 1. The molecule has 0 fully saturated rings. The predicted molar refractivity (Wildman–Crippen MR) is 78.9 cm³/mol. The van der Waals surface area contributed by atoms with Gasteiger partial charge >= 0.3 is 6.18 Å². The molecule has 0 aliphatic rings. The van der Waals surface area contributed by atoms with Crippen LogP contribution in [0, 0.1) is 5.41 Å². The molecule has 1 heterocycles. The minimum absolute atomic E-state index is 0.150. The third-order valence-corrected chi connectivity index (χ3v) is 4.13. The zero-order valence-electron chi connectivity index (χ0n) is 12.0. The molecule has 1 unspecified atom stereocenters. The fraction of sp³-hybridized carbons (Fsp3) is 0.400. The summed E-state index contributed by atoms with van der Waals surface area (Å²) in [6, 6.07) is 4.93. The normalized spacial score (nSPS) is 14.2. The van der Waals surface area contributed by atoms with Gasteiger partial charge in [-0.2, -0.15) is 13.2 Å². The Morgan fingerprint density at radius 2 is 1.86 bits per heavy atom. The largest absolute Gasteiger partial charge is 0.416 e. The highest BCUT2D eigenvalue weighted by molar-refractivity contribution is 7.10. The molecule has 2 aromatic rings. The number of alkyl halides is 3. The summed E-state index contributed by atoms with van der Waals surface area (Å²) in [6.07, 6.45) is -4.35. The maximum atomic E-state index is 12.7. The molecule has 2 N–H and O–H groups in total. The number of hydrogen-bond donors (Lipinski definition) is 1. The summed E-state index contributed by atoms with van der Waals surface area (Å²) < 4.78 is 38.2. The molecule has 1 atom stereocenters. The molecular formula is C15H17F3N2S. The van der Waals surface area contributed by atoms with E-state index >= 15 is 0 Å². The van der Waals surface area contributed by atoms with E-state index in [2.05, 4.69) is 4.98 Å². The van der Waals surface area contributed by atoms with Crippen LogP contribution in [0.3, 0.4) is 0 Å². The Balaban J connectivity index is 2.34. The van der Waals surface area contributed by atoms with Crippen molar-refractivity contribution in [3.63, 3.8) is 0 Å². The van der Waals surface area contributed by atoms with Crippen LogP contribution in [0.15, 0.2) is 29.6 Å². The van der Waals surface area contributed by atoms with Crippen molar-refractivity contribution in [1.29, 1.82) is 0 Å². The first-order valence-corrected chi connectivity index (χ1v) is 7.35. The van der Waals surface area contributed by atoms with Crippen LogP contribution < -0.4 is 5.73 Å². The van der Waals surface area contributed by atoms with Crippen LogP contribution in [0.25, 0.3) is 11.3 Å². The lowest BCUT2D eigenvalue weighted by Gasteiger charge is -2.24. The van der Waals surface area contributed by atoms with Gasteiger partial charge in [0.1, 0.15) is 5.01 Å². The van der Waals surface area contributed by atoms with E-state index < -0.39 is 11.7 Å². The molecular weight excluding hydrogens is 297 g/mol. The molecule has 6 heteroatoms. The zero-order chi connectivity index (χ0) is 15.8. The van der Waals surface area contributed by atoms with Crippen molar-refractivity contribution in [1.82, 2.24) is 4.98 Å². The second-order valence-corrected chi connectivity index (χ2v) is 6.88. The SMILES string of the molecule is CC(C)(C)C(N)c1nc(-c2cccc(C(F)(F)F)c2)cs1. The standard InChI is InChI=1S/C15H17F3N2S/c1-14(2,3)12(19)13-20-11(8-21-13)9-5-4-6-10(7-9)15(16,17)18/h4-8,12H,19H2,1-3H3. The molecule has 0 spiro atoms.